The fraction of sp³-hybridized carbons (Fsp3) is 0.500. The number of hydrogen-bond donors (Lipinski definition) is 1. The van der Waals surface area contributed by atoms with Gasteiger partial charge in [-0.1, -0.05) is 19.4 Å². The molecule has 1 heterocycles. The number of carbonyl (C=O) groups is 1. The van der Waals surface area contributed by atoms with Crippen molar-refractivity contribution >= 4 is 5.97 Å². The molecule has 0 amide bonds. The number of aliphatic hydroxyl groups is 1. The second-order valence-electron chi connectivity index (χ2n) is 4.43. The van der Waals surface area contributed by atoms with Crippen molar-refractivity contribution in [2.45, 2.75) is 32.3 Å². The summed E-state index contributed by atoms with van der Waals surface area (Å²) in [7, 11) is 0. The normalized spacial score (nSPS) is 14.2. The van der Waals surface area contributed by atoms with Crippen LogP contribution in [0, 0.1) is 0 Å². The average Bonchev–Trinajstić information content (AvgIpc) is 2.86. The van der Waals surface area contributed by atoms with E-state index in [0.29, 0.717) is 18.1 Å². The van der Waals surface area contributed by atoms with Gasteiger partial charge in [0.05, 0.1) is 6.61 Å². The fourth-order valence-corrected chi connectivity index (χ4v) is 1.79. The lowest BCUT2D eigenvalue weighted by atomic mass is 10.1. The third-order valence-corrected chi connectivity index (χ3v) is 2.88. The molecular formula is C14H18O5. The van der Waals surface area contributed by atoms with Crippen molar-refractivity contribution in [2.75, 3.05) is 13.4 Å². The molecule has 5 nitrogen and oxygen atoms in total. The van der Waals surface area contributed by atoms with Crippen LogP contribution in [-0.4, -0.2) is 30.6 Å². The van der Waals surface area contributed by atoms with Crippen LogP contribution in [0.5, 0.6) is 11.5 Å². The van der Waals surface area contributed by atoms with Gasteiger partial charge in [0.15, 0.2) is 17.6 Å². The number of benzene rings is 1. The van der Waals surface area contributed by atoms with Crippen LogP contribution < -0.4 is 9.47 Å². The van der Waals surface area contributed by atoms with Crippen LogP contribution in [0.3, 0.4) is 0 Å². The lowest BCUT2D eigenvalue weighted by molar-refractivity contribution is -0.153. The molecule has 1 aliphatic heterocycles. The molecule has 1 aromatic rings. The first-order valence-electron chi connectivity index (χ1n) is 6.44. The van der Waals surface area contributed by atoms with Gasteiger partial charge < -0.3 is 19.3 Å². The molecule has 0 saturated carbocycles. The Labute approximate surface area is 112 Å². The van der Waals surface area contributed by atoms with Gasteiger partial charge in [-0.15, -0.1) is 0 Å². The van der Waals surface area contributed by atoms with Gasteiger partial charge in [-0.25, -0.2) is 4.79 Å². The summed E-state index contributed by atoms with van der Waals surface area (Å²) in [5.74, 6) is 0.749. The van der Waals surface area contributed by atoms with Gasteiger partial charge >= 0.3 is 5.97 Å². The van der Waals surface area contributed by atoms with Crippen molar-refractivity contribution in [3.63, 3.8) is 0 Å². The van der Waals surface area contributed by atoms with Crippen LogP contribution in [-0.2, 0) is 16.0 Å². The van der Waals surface area contributed by atoms with E-state index in [-0.39, 0.29) is 13.2 Å². The van der Waals surface area contributed by atoms with Crippen molar-refractivity contribution in [1.29, 1.82) is 0 Å². The van der Waals surface area contributed by atoms with Crippen molar-refractivity contribution in [2.24, 2.45) is 0 Å². The Morgan fingerprint density at radius 1 is 1.42 bits per heavy atom. The van der Waals surface area contributed by atoms with Crippen molar-refractivity contribution in [3.05, 3.63) is 23.8 Å². The molecule has 19 heavy (non-hydrogen) atoms. The molecule has 104 valence electrons. The number of rotatable bonds is 6. The zero-order chi connectivity index (χ0) is 13.7. The Morgan fingerprint density at radius 3 is 3.00 bits per heavy atom. The number of carbonyl (C=O) groups excluding carboxylic acids is 1. The van der Waals surface area contributed by atoms with Crippen LogP contribution in [0.4, 0.5) is 0 Å². The molecule has 1 aliphatic rings. The van der Waals surface area contributed by atoms with E-state index in [0.717, 1.165) is 18.4 Å². The summed E-state index contributed by atoms with van der Waals surface area (Å²) in [6, 6.07) is 5.34. The Balaban J connectivity index is 1.88. The zero-order valence-corrected chi connectivity index (χ0v) is 10.9. The monoisotopic (exact) mass is 266 g/mol. The van der Waals surface area contributed by atoms with Gasteiger partial charge in [-0.2, -0.15) is 0 Å². The molecule has 1 atom stereocenters. The second kappa shape index (κ2) is 6.43. The molecule has 2 rings (SSSR count). The van der Waals surface area contributed by atoms with Crippen LogP contribution in [0.15, 0.2) is 18.2 Å². The summed E-state index contributed by atoms with van der Waals surface area (Å²) in [4.78, 5) is 11.5. The van der Waals surface area contributed by atoms with E-state index < -0.39 is 12.1 Å². The van der Waals surface area contributed by atoms with E-state index in [9.17, 15) is 9.90 Å². The van der Waals surface area contributed by atoms with E-state index in [1.807, 2.05) is 6.92 Å². The molecule has 0 aromatic heterocycles. The van der Waals surface area contributed by atoms with Crippen molar-refractivity contribution in [3.8, 4) is 11.5 Å². The lowest BCUT2D eigenvalue weighted by Gasteiger charge is -2.10. The minimum atomic E-state index is -1.14. The summed E-state index contributed by atoms with van der Waals surface area (Å²) in [5, 5.41) is 9.77. The maximum atomic E-state index is 11.5. The molecule has 5 heteroatoms. The largest absolute Gasteiger partial charge is 0.464 e. The summed E-state index contributed by atoms with van der Waals surface area (Å²) in [6.07, 6.45) is 0.826. The SMILES string of the molecule is CCCCOC(=O)[C@H](O)Cc1ccc2c(c1)OCO2. The summed E-state index contributed by atoms with van der Waals surface area (Å²) < 4.78 is 15.4. The maximum Gasteiger partial charge on any atom is 0.335 e. The molecule has 0 radical (unpaired) electrons. The average molecular weight is 266 g/mol. The lowest BCUT2D eigenvalue weighted by Crippen LogP contribution is -2.25. The molecule has 0 aliphatic carbocycles. The molecule has 0 spiro atoms. The van der Waals surface area contributed by atoms with Crippen molar-refractivity contribution < 1.29 is 24.1 Å². The third kappa shape index (κ3) is 3.61. The van der Waals surface area contributed by atoms with Gasteiger partial charge in [0, 0.05) is 6.42 Å². The number of ether oxygens (including phenoxy) is 3. The molecule has 1 aromatic carbocycles. The van der Waals surface area contributed by atoms with Crippen LogP contribution >= 0.6 is 0 Å². The van der Waals surface area contributed by atoms with Gasteiger partial charge in [-0.05, 0) is 24.1 Å². The van der Waals surface area contributed by atoms with Gasteiger partial charge in [-0.3, -0.25) is 0 Å². The number of aliphatic hydroxyl groups excluding tert-OH is 1. The van der Waals surface area contributed by atoms with Gasteiger partial charge in [0.25, 0.3) is 0 Å². The predicted octanol–water partition coefficient (Wildman–Crippen LogP) is 1.66. The van der Waals surface area contributed by atoms with Gasteiger partial charge in [0.2, 0.25) is 6.79 Å². The number of esters is 1. The van der Waals surface area contributed by atoms with Crippen LogP contribution in [0.1, 0.15) is 25.3 Å². The highest BCUT2D eigenvalue weighted by molar-refractivity contribution is 5.74. The van der Waals surface area contributed by atoms with Crippen LogP contribution in [0.2, 0.25) is 0 Å². The van der Waals surface area contributed by atoms with E-state index in [4.69, 9.17) is 14.2 Å². The fourth-order valence-electron chi connectivity index (χ4n) is 1.79. The van der Waals surface area contributed by atoms with Gasteiger partial charge in [0.1, 0.15) is 0 Å². The Bertz CT molecular complexity index is 443. The zero-order valence-electron chi connectivity index (χ0n) is 10.9. The predicted molar refractivity (Wildman–Crippen MR) is 68.1 cm³/mol. The highest BCUT2D eigenvalue weighted by atomic mass is 16.7. The third-order valence-electron chi connectivity index (χ3n) is 2.88. The summed E-state index contributed by atoms with van der Waals surface area (Å²) in [6.45, 7) is 2.57. The topological polar surface area (TPSA) is 65.0 Å². The van der Waals surface area contributed by atoms with E-state index in [1.165, 1.54) is 0 Å². The van der Waals surface area contributed by atoms with E-state index >= 15 is 0 Å². The van der Waals surface area contributed by atoms with Crippen molar-refractivity contribution in [1.82, 2.24) is 0 Å². The Kier molecular flexibility index (Phi) is 4.63. The quantitative estimate of drug-likeness (QED) is 0.626. The number of hydrogen-bond acceptors (Lipinski definition) is 5. The smallest absolute Gasteiger partial charge is 0.335 e. The molecule has 0 bridgehead atoms. The molecule has 0 unspecified atom stereocenters. The minimum absolute atomic E-state index is 0.209. The minimum Gasteiger partial charge on any atom is -0.464 e. The number of unbranched alkanes of at least 4 members (excludes halogenated alkanes) is 1. The first-order chi connectivity index (χ1) is 9.20. The highest BCUT2D eigenvalue weighted by Crippen LogP contribution is 2.32. The Morgan fingerprint density at radius 2 is 2.21 bits per heavy atom. The van der Waals surface area contributed by atoms with E-state index in [2.05, 4.69) is 0 Å². The summed E-state index contributed by atoms with van der Waals surface area (Å²) >= 11 is 0. The number of fused-ring (bicyclic) bond motifs is 1. The maximum absolute atomic E-state index is 11.5. The second-order valence-corrected chi connectivity index (χ2v) is 4.43. The first kappa shape index (κ1) is 13.7. The first-order valence-corrected chi connectivity index (χ1v) is 6.44. The highest BCUT2D eigenvalue weighted by Gasteiger charge is 2.19. The standard InChI is InChI=1S/C14H18O5/c1-2-3-6-17-14(16)11(15)7-10-4-5-12-13(8-10)19-9-18-12/h4-5,8,11,15H,2-3,6-7,9H2,1H3/t11-/m1/s1. The van der Waals surface area contributed by atoms with Crippen LogP contribution in [0.25, 0.3) is 0 Å². The molecule has 0 fully saturated rings. The molecule has 0 saturated heterocycles. The molecule has 1 N–H and O–H groups in total. The van der Waals surface area contributed by atoms with E-state index in [1.54, 1.807) is 18.2 Å². The molecular weight excluding hydrogens is 248 g/mol. The summed E-state index contributed by atoms with van der Waals surface area (Å²) in [5.41, 5.74) is 0.809. The Hall–Kier alpha value is -1.75.